The minimum absolute atomic E-state index is 0.734. The van der Waals surface area contributed by atoms with Crippen molar-refractivity contribution in [1.82, 2.24) is 0 Å². The summed E-state index contributed by atoms with van der Waals surface area (Å²) in [5, 5.41) is 9.51. The van der Waals surface area contributed by atoms with Crippen molar-refractivity contribution in [1.29, 1.82) is 0 Å². The highest BCUT2D eigenvalue weighted by atomic mass is 16.3. The number of rotatable bonds is 1. The first-order chi connectivity index (χ1) is 6.34. The maximum Gasteiger partial charge on any atom is 0.141 e. The first kappa shape index (κ1) is 9.39. The second-order valence-electron chi connectivity index (χ2n) is 2.46. The number of hydrogen-bond acceptors (Lipinski definition) is 1. The van der Waals surface area contributed by atoms with Gasteiger partial charge in [-0.2, -0.15) is 0 Å². The first-order valence-electron chi connectivity index (χ1n) is 4.00. The van der Waals surface area contributed by atoms with Crippen LogP contribution in [0.4, 0.5) is 0 Å². The molecule has 0 bridgehead atoms. The minimum atomic E-state index is -0.734. The molecule has 1 atom stereocenters. The molecule has 13 heavy (non-hydrogen) atoms. The average molecular weight is 170 g/mol. The zero-order valence-electron chi connectivity index (χ0n) is 7.41. The molecule has 1 unspecified atom stereocenters. The molecule has 0 aliphatic carbocycles. The largest absolute Gasteiger partial charge is 0.376 e. The molecule has 0 fully saturated rings. The maximum atomic E-state index is 9.51. The third-order valence-corrected chi connectivity index (χ3v) is 1.51. The highest BCUT2D eigenvalue weighted by molar-refractivity contribution is 5.31. The minimum Gasteiger partial charge on any atom is -0.376 e. The number of benzene rings is 1. The number of aliphatic hydroxyl groups is 1. The Balaban J connectivity index is 2.75. The Morgan fingerprint density at radius 1 is 1.15 bits per heavy atom. The van der Waals surface area contributed by atoms with Crippen LogP contribution in [0.5, 0.6) is 0 Å². The summed E-state index contributed by atoms with van der Waals surface area (Å²) >= 11 is 0. The monoisotopic (exact) mass is 170 g/mol. The van der Waals surface area contributed by atoms with Gasteiger partial charge >= 0.3 is 0 Å². The molecule has 1 N–H and O–H groups in total. The van der Waals surface area contributed by atoms with E-state index < -0.39 is 6.10 Å². The topological polar surface area (TPSA) is 20.2 Å². The summed E-state index contributed by atoms with van der Waals surface area (Å²) in [4.78, 5) is 0. The molecule has 1 aromatic carbocycles. The molecule has 0 amide bonds. The molecule has 1 rings (SSSR count). The van der Waals surface area contributed by atoms with Crippen LogP contribution < -0.4 is 0 Å². The van der Waals surface area contributed by atoms with Gasteiger partial charge in [-0.1, -0.05) is 42.2 Å². The summed E-state index contributed by atoms with van der Waals surface area (Å²) in [7, 11) is 0. The van der Waals surface area contributed by atoms with Crippen LogP contribution >= 0.6 is 0 Å². The van der Waals surface area contributed by atoms with Gasteiger partial charge in [0.15, 0.2) is 0 Å². The predicted molar refractivity (Wildman–Crippen MR) is 52.6 cm³/mol. The molecule has 0 aliphatic heterocycles. The molecular weight excluding hydrogens is 160 g/mol. The Morgan fingerprint density at radius 2 is 1.85 bits per heavy atom. The van der Waals surface area contributed by atoms with Crippen molar-refractivity contribution in [3.63, 3.8) is 0 Å². The van der Waals surface area contributed by atoms with E-state index in [4.69, 9.17) is 0 Å². The lowest BCUT2D eigenvalue weighted by atomic mass is 10.1. The molecule has 0 aliphatic rings. The Bertz CT molecular complexity index is 370. The molecule has 0 radical (unpaired) electrons. The highest BCUT2D eigenvalue weighted by Crippen LogP contribution is 2.09. The second kappa shape index (κ2) is 5.04. The van der Waals surface area contributed by atoms with E-state index in [2.05, 4.69) is 23.7 Å². The van der Waals surface area contributed by atoms with Crippen LogP contribution in [0.3, 0.4) is 0 Å². The van der Waals surface area contributed by atoms with Crippen molar-refractivity contribution in [2.24, 2.45) is 0 Å². The van der Waals surface area contributed by atoms with E-state index in [0.717, 1.165) is 5.56 Å². The molecule has 0 heterocycles. The van der Waals surface area contributed by atoms with Crippen LogP contribution in [0, 0.1) is 23.7 Å². The number of aliphatic hydroxyl groups excluding tert-OH is 1. The standard InChI is InChI=1S/C12H10O/c1-2-3-5-10-12(13)11-8-6-4-7-9-11/h4,6-9,12-13H,1H3. The molecule has 0 saturated heterocycles. The fourth-order valence-electron chi connectivity index (χ4n) is 0.886. The summed E-state index contributed by atoms with van der Waals surface area (Å²) in [5.41, 5.74) is 0.799. The van der Waals surface area contributed by atoms with Gasteiger partial charge in [-0.15, -0.1) is 0 Å². The second-order valence-corrected chi connectivity index (χ2v) is 2.46. The van der Waals surface area contributed by atoms with Gasteiger partial charge in [-0.25, -0.2) is 0 Å². The van der Waals surface area contributed by atoms with Gasteiger partial charge in [0.1, 0.15) is 6.10 Å². The zero-order valence-corrected chi connectivity index (χ0v) is 7.41. The van der Waals surface area contributed by atoms with Crippen LogP contribution in [-0.4, -0.2) is 5.11 Å². The quantitative estimate of drug-likeness (QED) is 0.636. The Morgan fingerprint density at radius 3 is 2.46 bits per heavy atom. The summed E-state index contributed by atoms with van der Waals surface area (Å²) in [6.07, 6.45) is -0.734. The van der Waals surface area contributed by atoms with E-state index >= 15 is 0 Å². The van der Waals surface area contributed by atoms with Gasteiger partial charge < -0.3 is 5.11 Å². The van der Waals surface area contributed by atoms with Crippen LogP contribution in [-0.2, 0) is 0 Å². The first-order valence-corrected chi connectivity index (χ1v) is 4.00. The Hall–Kier alpha value is -1.70. The summed E-state index contributed by atoms with van der Waals surface area (Å²) < 4.78 is 0. The Labute approximate surface area is 78.4 Å². The molecule has 1 nitrogen and oxygen atoms in total. The van der Waals surface area contributed by atoms with Crippen molar-refractivity contribution in [2.45, 2.75) is 13.0 Å². The lowest BCUT2D eigenvalue weighted by Gasteiger charge is -2.00. The normalized spacial score (nSPS) is 10.3. The van der Waals surface area contributed by atoms with Crippen LogP contribution in [0.15, 0.2) is 30.3 Å². The molecular formula is C12H10O. The van der Waals surface area contributed by atoms with Crippen LogP contribution in [0.2, 0.25) is 0 Å². The van der Waals surface area contributed by atoms with Crippen molar-refractivity contribution in [2.75, 3.05) is 0 Å². The fourth-order valence-corrected chi connectivity index (χ4v) is 0.886. The molecule has 1 aromatic rings. The van der Waals surface area contributed by atoms with Gasteiger partial charge in [0.25, 0.3) is 0 Å². The Kier molecular flexibility index (Phi) is 3.64. The summed E-state index contributed by atoms with van der Waals surface area (Å²) in [6.45, 7) is 1.71. The smallest absolute Gasteiger partial charge is 0.141 e. The van der Waals surface area contributed by atoms with Gasteiger partial charge in [-0.05, 0) is 24.3 Å². The lowest BCUT2D eigenvalue weighted by molar-refractivity contribution is 0.238. The zero-order chi connectivity index (χ0) is 9.52. The van der Waals surface area contributed by atoms with E-state index in [1.165, 1.54) is 0 Å². The van der Waals surface area contributed by atoms with Gasteiger partial charge in [-0.3, -0.25) is 0 Å². The SMILES string of the molecule is CC#CC#CC(O)c1ccccc1. The van der Waals surface area contributed by atoms with Gasteiger partial charge in [0.2, 0.25) is 0 Å². The van der Waals surface area contributed by atoms with E-state index in [0.29, 0.717) is 0 Å². The predicted octanol–water partition coefficient (Wildman–Crippen LogP) is 1.75. The van der Waals surface area contributed by atoms with Crippen molar-refractivity contribution < 1.29 is 5.11 Å². The van der Waals surface area contributed by atoms with Crippen molar-refractivity contribution in [3.8, 4) is 23.7 Å². The molecule has 64 valence electrons. The van der Waals surface area contributed by atoms with Gasteiger partial charge in [0.05, 0.1) is 0 Å². The molecule has 0 spiro atoms. The van der Waals surface area contributed by atoms with E-state index in [9.17, 15) is 5.11 Å². The van der Waals surface area contributed by atoms with E-state index in [1.807, 2.05) is 30.3 Å². The van der Waals surface area contributed by atoms with Crippen molar-refractivity contribution in [3.05, 3.63) is 35.9 Å². The van der Waals surface area contributed by atoms with E-state index in [-0.39, 0.29) is 0 Å². The average Bonchev–Trinajstić information content (AvgIpc) is 2.19. The van der Waals surface area contributed by atoms with E-state index in [1.54, 1.807) is 6.92 Å². The van der Waals surface area contributed by atoms with Gasteiger partial charge in [0, 0.05) is 0 Å². The molecule has 1 heteroatoms. The fraction of sp³-hybridized carbons (Fsp3) is 0.167. The highest BCUT2D eigenvalue weighted by Gasteiger charge is 1.99. The molecule has 0 saturated carbocycles. The molecule has 0 aromatic heterocycles. The lowest BCUT2D eigenvalue weighted by Crippen LogP contribution is -1.91. The third-order valence-electron chi connectivity index (χ3n) is 1.51. The van der Waals surface area contributed by atoms with Crippen LogP contribution in [0.25, 0.3) is 0 Å². The number of hydrogen-bond donors (Lipinski definition) is 1. The summed E-state index contributed by atoms with van der Waals surface area (Å²) in [6, 6.07) is 9.30. The van der Waals surface area contributed by atoms with Crippen LogP contribution in [0.1, 0.15) is 18.6 Å². The third kappa shape index (κ3) is 3.03. The summed E-state index contributed by atoms with van der Waals surface area (Å²) in [5.74, 6) is 10.4. The van der Waals surface area contributed by atoms with Crippen molar-refractivity contribution >= 4 is 0 Å². The maximum absolute atomic E-state index is 9.51.